The van der Waals surface area contributed by atoms with Crippen LogP contribution in [0.25, 0.3) is 0 Å². The van der Waals surface area contributed by atoms with Gasteiger partial charge in [-0.25, -0.2) is 14.3 Å². The summed E-state index contributed by atoms with van der Waals surface area (Å²) >= 11 is 0. The van der Waals surface area contributed by atoms with Gasteiger partial charge in [-0.15, -0.1) is 0 Å². The molecule has 0 aromatic heterocycles. The molecule has 3 N–H and O–H groups in total. The number of nitrogens with two attached hydrogens (primary N) is 1. The summed E-state index contributed by atoms with van der Waals surface area (Å²) in [7, 11) is 0. The highest BCUT2D eigenvalue weighted by molar-refractivity contribution is 5.94. The van der Waals surface area contributed by atoms with Crippen LogP contribution in [0.4, 0.5) is 8.78 Å². The Morgan fingerprint density at radius 2 is 2.00 bits per heavy atom. The Balaban J connectivity index is 2.75. The number of rotatable bonds is 4. The summed E-state index contributed by atoms with van der Waals surface area (Å²) < 4.78 is 26.1. The average molecular weight is 244 g/mol. The van der Waals surface area contributed by atoms with Gasteiger partial charge in [-0.3, -0.25) is 14.4 Å². The quantitative estimate of drug-likeness (QED) is 0.753. The molecular weight excluding hydrogens is 234 g/mol. The number of aryl methyl sites for hydroxylation is 1. The van der Waals surface area contributed by atoms with Crippen LogP contribution in [-0.2, 0) is 9.63 Å². The van der Waals surface area contributed by atoms with Gasteiger partial charge in [0.1, 0.15) is 11.6 Å². The normalized spacial score (nSPS) is 10.1. The molecule has 0 atom stereocenters. The van der Waals surface area contributed by atoms with Gasteiger partial charge < -0.3 is 5.73 Å². The number of hydroxylamine groups is 1. The van der Waals surface area contributed by atoms with Crippen LogP contribution in [0, 0.1) is 18.6 Å². The molecule has 0 aliphatic heterocycles. The minimum Gasteiger partial charge on any atom is -0.368 e. The van der Waals surface area contributed by atoms with Crippen molar-refractivity contribution in [1.82, 2.24) is 5.48 Å². The van der Waals surface area contributed by atoms with Gasteiger partial charge in [-0.1, -0.05) is 0 Å². The van der Waals surface area contributed by atoms with Crippen LogP contribution >= 0.6 is 0 Å². The smallest absolute Gasteiger partial charge is 0.277 e. The Morgan fingerprint density at radius 1 is 1.35 bits per heavy atom. The SMILES string of the molecule is Cc1cc(C(=O)NOCC(N)=O)c(F)cc1F. The molecule has 1 aromatic carbocycles. The van der Waals surface area contributed by atoms with E-state index in [0.29, 0.717) is 6.07 Å². The minimum absolute atomic E-state index is 0.117. The van der Waals surface area contributed by atoms with Crippen LogP contribution in [0.5, 0.6) is 0 Å². The Morgan fingerprint density at radius 3 is 2.59 bits per heavy atom. The highest BCUT2D eigenvalue weighted by Gasteiger charge is 2.14. The molecule has 2 amide bonds. The first-order chi connectivity index (χ1) is 7.91. The van der Waals surface area contributed by atoms with Crippen molar-refractivity contribution in [2.45, 2.75) is 6.92 Å². The standard InChI is InChI=1S/C10H10F2N2O3/c1-5-2-6(8(12)3-7(5)11)10(16)14-17-4-9(13)15/h2-3H,4H2,1H3,(H2,13,15)(H,14,16). The van der Waals surface area contributed by atoms with Crippen molar-refractivity contribution in [3.8, 4) is 0 Å². The summed E-state index contributed by atoms with van der Waals surface area (Å²) in [5.41, 5.74) is 6.30. The molecule has 0 radical (unpaired) electrons. The summed E-state index contributed by atoms with van der Waals surface area (Å²) in [4.78, 5) is 26.1. The van der Waals surface area contributed by atoms with Crippen LogP contribution < -0.4 is 11.2 Å². The lowest BCUT2D eigenvalue weighted by Crippen LogP contribution is -2.30. The molecule has 0 aliphatic rings. The van der Waals surface area contributed by atoms with Gasteiger partial charge in [0.15, 0.2) is 6.61 Å². The molecule has 0 saturated carbocycles. The number of hydrogen-bond donors (Lipinski definition) is 2. The molecule has 1 rings (SSSR count). The van der Waals surface area contributed by atoms with Crippen molar-refractivity contribution in [1.29, 1.82) is 0 Å². The van der Waals surface area contributed by atoms with E-state index in [4.69, 9.17) is 5.73 Å². The molecule has 7 heteroatoms. The number of carbonyl (C=O) groups excluding carboxylic acids is 2. The maximum Gasteiger partial charge on any atom is 0.277 e. The van der Waals surface area contributed by atoms with Crippen molar-refractivity contribution < 1.29 is 23.2 Å². The third kappa shape index (κ3) is 3.49. The second kappa shape index (κ2) is 5.35. The second-order valence-electron chi connectivity index (χ2n) is 3.27. The van der Waals surface area contributed by atoms with Crippen molar-refractivity contribution in [2.75, 3.05) is 6.61 Å². The highest BCUT2D eigenvalue weighted by Crippen LogP contribution is 2.13. The number of amides is 2. The molecule has 0 aliphatic carbocycles. The fourth-order valence-electron chi connectivity index (χ4n) is 1.06. The Kier molecular flexibility index (Phi) is 4.11. The predicted molar refractivity (Wildman–Crippen MR) is 53.7 cm³/mol. The Labute approximate surface area is 95.5 Å². The summed E-state index contributed by atoms with van der Waals surface area (Å²) in [5.74, 6) is -3.49. The fourth-order valence-corrected chi connectivity index (χ4v) is 1.06. The molecule has 0 saturated heterocycles. The van der Waals surface area contributed by atoms with Gasteiger partial charge in [-0.2, -0.15) is 0 Å². The lowest BCUT2D eigenvalue weighted by Gasteiger charge is -2.06. The van der Waals surface area contributed by atoms with Crippen LogP contribution in [-0.4, -0.2) is 18.4 Å². The molecule has 0 unspecified atom stereocenters. The van der Waals surface area contributed by atoms with Gasteiger partial charge in [-0.05, 0) is 18.6 Å². The zero-order chi connectivity index (χ0) is 13.0. The number of nitrogens with one attached hydrogen (secondary N) is 1. The monoisotopic (exact) mass is 244 g/mol. The molecule has 17 heavy (non-hydrogen) atoms. The Hall–Kier alpha value is -2.02. The summed E-state index contributed by atoms with van der Waals surface area (Å²) in [6.45, 7) is 0.851. The molecule has 1 aromatic rings. The predicted octanol–water partition coefficient (Wildman–Crippen LogP) is 0.420. The molecular formula is C10H10F2N2O3. The number of benzene rings is 1. The highest BCUT2D eigenvalue weighted by atomic mass is 19.1. The summed E-state index contributed by atoms with van der Waals surface area (Å²) in [6, 6.07) is 1.63. The van der Waals surface area contributed by atoms with E-state index in [-0.39, 0.29) is 11.1 Å². The zero-order valence-corrected chi connectivity index (χ0v) is 8.92. The van der Waals surface area contributed by atoms with E-state index in [9.17, 15) is 18.4 Å². The Bertz CT molecular complexity index is 463. The van der Waals surface area contributed by atoms with E-state index in [1.165, 1.54) is 6.92 Å². The zero-order valence-electron chi connectivity index (χ0n) is 8.92. The third-order valence-electron chi connectivity index (χ3n) is 1.87. The van der Waals surface area contributed by atoms with E-state index in [1.807, 2.05) is 5.48 Å². The number of carbonyl (C=O) groups is 2. The first-order valence-corrected chi connectivity index (χ1v) is 4.58. The molecule has 0 bridgehead atoms. The fraction of sp³-hybridized carbons (Fsp3) is 0.200. The van der Waals surface area contributed by atoms with Crippen LogP contribution in [0.3, 0.4) is 0 Å². The van der Waals surface area contributed by atoms with Crippen molar-refractivity contribution in [3.05, 3.63) is 34.9 Å². The molecule has 0 spiro atoms. The van der Waals surface area contributed by atoms with Gasteiger partial charge in [0, 0.05) is 6.07 Å². The van der Waals surface area contributed by atoms with Gasteiger partial charge in [0.2, 0.25) is 5.91 Å². The molecule has 5 nitrogen and oxygen atoms in total. The van der Waals surface area contributed by atoms with Crippen LogP contribution in [0.15, 0.2) is 12.1 Å². The van der Waals surface area contributed by atoms with E-state index >= 15 is 0 Å². The molecule has 92 valence electrons. The van der Waals surface area contributed by atoms with Crippen molar-refractivity contribution >= 4 is 11.8 Å². The number of primary amides is 1. The third-order valence-corrected chi connectivity index (χ3v) is 1.87. The van der Waals surface area contributed by atoms with E-state index in [1.54, 1.807) is 0 Å². The lowest BCUT2D eigenvalue weighted by atomic mass is 10.1. The minimum atomic E-state index is -1.02. The first kappa shape index (κ1) is 13.0. The van der Waals surface area contributed by atoms with Gasteiger partial charge >= 0.3 is 0 Å². The largest absolute Gasteiger partial charge is 0.368 e. The summed E-state index contributed by atoms with van der Waals surface area (Å²) in [6.07, 6.45) is 0. The maximum absolute atomic E-state index is 13.2. The molecule has 0 fully saturated rings. The van der Waals surface area contributed by atoms with Gasteiger partial charge in [0.05, 0.1) is 5.56 Å². The summed E-state index contributed by atoms with van der Waals surface area (Å²) in [5, 5.41) is 0. The van der Waals surface area contributed by atoms with Crippen molar-refractivity contribution in [3.63, 3.8) is 0 Å². The topological polar surface area (TPSA) is 81.4 Å². The van der Waals surface area contributed by atoms with Crippen LogP contribution in [0.1, 0.15) is 15.9 Å². The second-order valence-corrected chi connectivity index (χ2v) is 3.27. The molecule has 0 heterocycles. The van der Waals surface area contributed by atoms with E-state index < -0.39 is 30.1 Å². The number of halogens is 2. The maximum atomic E-state index is 13.2. The van der Waals surface area contributed by atoms with Gasteiger partial charge in [0.25, 0.3) is 5.91 Å². The van der Waals surface area contributed by atoms with E-state index in [0.717, 1.165) is 6.07 Å². The van der Waals surface area contributed by atoms with Crippen molar-refractivity contribution in [2.24, 2.45) is 5.73 Å². The first-order valence-electron chi connectivity index (χ1n) is 4.58. The number of hydrogen-bond acceptors (Lipinski definition) is 3. The van der Waals surface area contributed by atoms with Crippen LogP contribution in [0.2, 0.25) is 0 Å². The van der Waals surface area contributed by atoms with E-state index in [2.05, 4.69) is 4.84 Å². The average Bonchev–Trinajstić information content (AvgIpc) is 2.22. The lowest BCUT2D eigenvalue weighted by molar-refractivity contribution is -0.124.